The third-order valence-electron chi connectivity index (χ3n) is 4.74. The van der Waals surface area contributed by atoms with E-state index in [-0.39, 0.29) is 0 Å². The van der Waals surface area contributed by atoms with Crippen molar-refractivity contribution in [3.8, 4) is 0 Å². The van der Waals surface area contributed by atoms with E-state index in [1.165, 1.54) is 82.7 Å². The van der Waals surface area contributed by atoms with Gasteiger partial charge in [0.1, 0.15) is 0 Å². The van der Waals surface area contributed by atoms with Gasteiger partial charge in [0, 0.05) is 12.2 Å². The fourth-order valence-corrected chi connectivity index (χ4v) is 3.43. The number of hydrogen-bond acceptors (Lipinski definition) is 1. The Morgan fingerprint density at radius 2 is 1.57 bits per heavy atom. The Kier molecular flexibility index (Phi) is 7.70. The quantitative estimate of drug-likeness (QED) is 0.511. The number of unbranched alkanes of at least 4 members (excludes halogenated alkanes) is 7. The van der Waals surface area contributed by atoms with Gasteiger partial charge in [0.05, 0.1) is 0 Å². The third kappa shape index (κ3) is 5.73. The van der Waals surface area contributed by atoms with Crippen LogP contribution < -0.4 is 5.32 Å². The van der Waals surface area contributed by atoms with Crippen LogP contribution in [0.2, 0.25) is 0 Å². The molecule has 0 saturated carbocycles. The molecule has 118 valence electrons. The average molecular weight is 287 g/mol. The van der Waals surface area contributed by atoms with Gasteiger partial charge in [-0.2, -0.15) is 0 Å². The Balaban J connectivity index is 1.59. The lowest BCUT2D eigenvalue weighted by molar-refractivity contribution is 0.581. The van der Waals surface area contributed by atoms with Crippen molar-refractivity contribution in [3.05, 3.63) is 29.3 Å². The van der Waals surface area contributed by atoms with Crippen LogP contribution in [-0.4, -0.2) is 6.54 Å². The largest absolute Gasteiger partial charge is 0.385 e. The lowest BCUT2D eigenvalue weighted by Crippen LogP contribution is -2.09. The average Bonchev–Trinajstić information content (AvgIpc) is 2.53. The SMILES string of the molecule is CCCCCCCCCCNc1cccc2c1CCCC2. The minimum Gasteiger partial charge on any atom is -0.385 e. The summed E-state index contributed by atoms with van der Waals surface area (Å²) in [6, 6.07) is 6.81. The third-order valence-corrected chi connectivity index (χ3v) is 4.74. The monoisotopic (exact) mass is 287 g/mol. The Morgan fingerprint density at radius 1 is 0.857 bits per heavy atom. The molecule has 0 atom stereocenters. The fourth-order valence-electron chi connectivity index (χ4n) is 3.43. The summed E-state index contributed by atoms with van der Waals surface area (Å²) < 4.78 is 0. The first-order chi connectivity index (χ1) is 10.4. The van der Waals surface area contributed by atoms with Crippen LogP contribution in [0.25, 0.3) is 0 Å². The molecule has 0 saturated heterocycles. The molecule has 2 rings (SSSR count). The van der Waals surface area contributed by atoms with E-state index < -0.39 is 0 Å². The minimum atomic E-state index is 1.14. The van der Waals surface area contributed by atoms with Crippen LogP contribution >= 0.6 is 0 Å². The normalized spacial score (nSPS) is 14.0. The van der Waals surface area contributed by atoms with Gasteiger partial charge in [0.2, 0.25) is 0 Å². The van der Waals surface area contributed by atoms with Crippen molar-refractivity contribution in [3.63, 3.8) is 0 Å². The Hall–Kier alpha value is -0.980. The number of benzene rings is 1. The topological polar surface area (TPSA) is 12.0 Å². The molecule has 1 aromatic carbocycles. The number of hydrogen-bond donors (Lipinski definition) is 1. The second-order valence-electron chi connectivity index (χ2n) is 6.55. The number of fused-ring (bicyclic) bond motifs is 1. The molecule has 0 unspecified atom stereocenters. The molecule has 21 heavy (non-hydrogen) atoms. The van der Waals surface area contributed by atoms with Crippen LogP contribution in [0, 0.1) is 0 Å². The fraction of sp³-hybridized carbons (Fsp3) is 0.700. The first kappa shape index (κ1) is 16.4. The van der Waals surface area contributed by atoms with Gasteiger partial charge in [-0.3, -0.25) is 0 Å². The molecular formula is C20H33N. The lowest BCUT2D eigenvalue weighted by Gasteiger charge is -2.20. The van der Waals surface area contributed by atoms with Crippen molar-refractivity contribution in [2.45, 2.75) is 84.0 Å². The molecule has 0 amide bonds. The molecule has 0 spiro atoms. The van der Waals surface area contributed by atoms with Crippen LogP contribution in [0.3, 0.4) is 0 Å². The Labute approximate surface area is 131 Å². The smallest absolute Gasteiger partial charge is 0.0375 e. The highest BCUT2D eigenvalue weighted by Gasteiger charge is 2.12. The number of nitrogens with one attached hydrogen (secondary N) is 1. The van der Waals surface area contributed by atoms with Gasteiger partial charge in [-0.05, 0) is 49.3 Å². The molecule has 1 aliphatic rings. The van der Waals surface area contributed by atoms with Crippen molar-refractivity contribution in [1.29, 1.82) is 0 Å². The highest BCUT2D eigenvalue weighted by molar-refractivity contribution is 5.55. The van der Waals surface area contributed by atoms with Gasteiger partial charge in [0.15, 0.2) is 0 Å². The summed E-state index contributed by atoms with van der Waals surface area (Å²) in [5, 5.41) is 3.68. The zero-order chi connectivity index (χ0) is 14.8. The Morgan fingerprint density at radius 3 is 2.38 bits per heavy atom. The summed E-state index contributed by atoms with van der Waals surface area (Å²) in [7, 11) is 0. The minimum absolute atomic E-state index is 1.14. The van der Waals surface area contributed by atoms with E-state index in [0.29, 0.717) is 0 Å². The summed E-state index contributed by atoms with van der Waals surface area (Å²) in [6.45, 7) is 3.43. The van der Waals surface area contributed by atoms with Gasteiger partial charge >= 0.3 is 0 Å². The molecule has 0 fully saturated rings. The molecule has 0 aromatic heterocycles. The van der Waals surface area contributed by atoms with E-state index in [0.717, 1.165) is 6.54 Å². The summed E-state index contributed by atoms with van der Waals surface area (Å²) >= 11 is 0. The van der Waals surface area contributed by atoms with Gasteiger partial charge in [0.25, 0.3) is 0 Å². The lowest BCUT2D eigenvalue weighted by atomic mass is 9.90. The van der Waals surface area contributed by atoms with Crippen molar-refractivity contribution < 1.29 is 0 Å². The van der Waals surface area contributed by atoms with Crippen LogP contribution in [0.5, 0.6) is 0 Å². The second kappa shape index (κ2) is 9.87. The zero-order valence-corrected chi connectivity index (χ0v) is 13.9. The first-order valence-electron chi connectivity index (χ1n) is 9.26. The van der Waals surface area contributed by atoms with Crippen molar-refractivity contribution in [1.82, 2.24) is 0 Å². The van der Waals surface area contributed by atoms with E-state index in [4.69, 9.17) is 0 Å². The summed E-state index contributed by atoms with van der Waals surface area (Å²) in [5.41, 5.74) is 4.60. The zero-order valence-electron chi connectivity index (χ0n) is 13.9. The highest BCUT2D eigenvalue weighted by atomic mass is 14.9. The molecule has 0 heterocycles. The van der Waals surface area contributed by atoms with Gasteiger partial charge in [-0.25, -0.2) is 0 Å². The molecule has 1 nitrogen and oxygen atoms in total. The highest BCUT2D eigenvalue weighted by Crippen LogP contribution is 2.27. The molecular weight excluding hydrogens is 254 g/mol. The van der Waals surface area contributed by atoms with Gasteiger partial charge in [-0.1, -0.05) is 64.0 Å². The standard InChI is InChI=1S/C20H33N/c1-2-3-4-5-6-7-8-11-17-21-20-16-12-14-18-13-9-10-15-19(18)20/h12,14,16,21H,2-11,13,15,17H2,1H3. The van der Waals surface area contributed by atoms with E-state index >= 15 is 0 Å². The molecule has 1 aliphatic carbocycles. The summed E-state index contributed by atoms with van der Waals surface area (Å²) in [5.74, 6) is 0. The van der Waals surface area contributed by atoms with E-state index in [1.807, 2.05) is 0 Å². The maximum absolute atomic E-state index is 3.68. The molecule has 1 N–H and O–H groups in total. The molecule has 0 aliphatic heterocycles. The number of anilines is 1. The van der Waals surface area contributed by atoms with Gasteiger partial charge < -0.3 is 5.32 Å². The van der Waals surface area contributed by atoms with Crippen LogP contribution in [-0.2, 0) is 12.8 Å². The number of rotatable bonds is 10. The van der Waals surface area contributed by atoms with Crippen LogP contribution in [0.15, 0.2) is 18.2 Å². The maximum atomic E-state index is 3.68. The number of aryl methyl sites for hydroxylation is 1. The predicted molar refractivity (Wildman–Crippen MR) is 94.2 cm³/mol. The van der Waals surface area contributed by atoms with Crippen LogP contribution in [0.4, 0.5) is 5.69 Å². The molecule has 1 aromatic rings. The predicted octanol–water partition coefficient (Wildman–Crippen LogP) is 6.12. The first-order valence-corrected chi connectivity index (χ1v) is 9.26. The second-order valence-corrected chi connectivity index (χ2v) is 6.55. The maximum Gasteiger partial charge on any atom is 0.0375 e. The molecule has 1 heteroatoms. The Bertz CT molecular complexity index is 397. The van der Waals surface area contributed by atoms with E-state index in [2.05, 4.69) is 30.4 Å². The van der Waals surface area contributed by atoms with Crippen molar-refractivity contribution in [2.24, 2.45) is 0 Å². The van der Waals surface area contributed by atoms with Crippen LogP contribution in [0.1, 0.15) is 82.3 Å². The van der Waals surface area contributed by atoms with Crippen molar-refractivity contribution >= 4 is 5.69 Å². The van der Waals surface area contributed by atoms with Crippen molar-refractivity contribution in [2.75, 3.05) is 11.9 Å². The summed E-state index contributed by atoms with van der Waals surface area (Å²) in [6.07, 6.45) is 16.5. The van der Waals surface area contributed by atoms with E-state index in [1.54, 1.807) is 11.1 Å². The van der Waals surface area contributed by atoms with E-state index in [9.17, 15) is 0 Å². The molecule has 0 radical (unpaired) electrons. The van der Waals surface area contributed by atoms with Gasteiger partial charge in [-0.15, -0.1) is 0 Å². The summed E-state index contributed by atoms with van der Waals surface area (Å²) in [4.78, 5) is 0. The molecule has 0 bridgehead atoms.